The van der Waals surface area contributed by atoms with Crippen molar-refractivity contribution < 1.29 is 68.0 Å². The van der Waals surface area contributed by atoms with Crippen molar-refractivity contribution >= 4 is 22.3 Å². The predicted octanol–water partition coefficient (Wildman–Crippen LogP) is 2.26. The summed E-state index contributed by atoms with van der Waals surface area (Å²) in [6.45, 7) is 12.7. The molecule has 0 saturated heterocycles. The number of hydrogen-bond donors (Lipinski definition) is 13. The summed E-state index contributed by atoms with van der Waals surface area (Å²) < 4.78 is 31.6. The van der Waals surface area contributed by atoms with Gasteiger partial charge < -0.3 is 57.6 Å². The highest BCUT2D eigenvalue weighted by Gasteiger charge is 2.15. The highest BCUT2D eigenvalue weighted by molar-refractivity contribution is 7.79. The molecule has 0 fully saturated rings. The third kappa shape index (κ3) is 30.0. The average Bonchev–Trinajstić information content (AvgIpc) is 2.82. The lowest BCUT2D eigenvalue weighted by molar-refractivity contribution is -0.134. The van der Waals surface area contributed by atoms with Gasteiger partial charge in [0.15, 0.2) is 0 Å². The Hall–Kier alpha value is -4.01. The minimum atomic E-state index is -4.67. The van der Waals surface area contributed by atoms with Crippen LogP contribution in [0.5, 0.6) is 23.0 Å². The molecule has 0 aromatic heterocycles. The molecule has 46 heavy (non-hydrogen) atoms. The Morgan fingerprint density at radius 2 is 0.870 bits per heavy atom. The first-order valence-electron chi connectivity index (χ1n) is 12.9. The Morgan fingerprint density at radius 3 is 1.04 bits per heavy atom. The van der Waals surface area contributed by atoms with Gasteiger partial charge in [-0.3, -0.25) is 9.11 Å². The number of aliphatic hydroxyl groups is 2. The van der Waals surface area contributed by atoms with E-state index < -0.39 is 34.5 Å². The van der Waals surface area contributed by atoms with E-state index in [1.54, 1.807) is 0 Å². The van der Waals surface area contributed by atoms with Crippen molar-refractivity contribution in [3.8, 4) is 23.0 Å². The molecule has 0 spiro atoms. The maximum Gasteiger partial charge on any atom is 0.394 e. The van der Waals surface area contributed by atoms with Gasteiger partial charge in [0.25, 0.3) is 0 Å². The number of aromatic hydroxyl groups is 4. The second-order valence-electron chi connectivity index (χ2n) is 11.3. The van der Waals surface area contributed by atoms with Gasteiger partial charge in [-0.25, -0.2) is 9.59 Å². The van der Waals surface area contributed by atoms with E-state index in [0.29, 0.717) is 36.4 Å². The Labute approximate surface area is 267 Å². The molecule has 0 amide bonds. The maximum absolute atomic E-state index is 9.85. The predicted molar refractivity (Wildman–Crippen MR) is 169 cm³/mol. The fourth-order valence-electron chi connectivity index (χ4n) is 2.80. The van der Waals surface area contributed by atoms with Crippen molar-refractivity contribution in [2.75, 3.05) is 13.1 Å². The number of benzene rings is 2. The van der Waals surface area contributed by atoms with Crippen LogP contribution in [0.1, 0.15) is 64.9 Å². The lowest BCUT2D eigenvalue weighted by atomic mass is 10.1. The number of carboxylic acids is 2. The smallest absolute Gasteiger partial charge is 0.394 e. The van der Waals surface area contributed by atoms with E-state index in [9.17, 15) is 40.2 Å². The van der Waals surface area contributed by atoms with Gasteiger partial charge in [0.05, 0.1) is 12.2 Å². The largest absolute Gasteiger partial charge is 0.508 e. The van der Waals surface area contributed by atoms with Gasteiger partial charge in [-0.2, -0.15) is 8.42 Å². The molecule has 0 heterocycles. The molecule has 264 valence electrons. The average molecular weight is 682 g/mol. The monoisotopic (exact) mass is 681 g/mol. The zero-order valence-corrected chi connectivity index (χ0v) is 27.2. The Bertz CT molecular complexity index is 1220. The Morgan fingerprint density at radius 1 is 0.652 bits per heavy atom. The molecule has 0 bridgehead atoms. The summed E-state index contributed by atoms with van der Waals surface area (Å²) in [5.41, 5.74) is 0.822. The number of nitrogens with one attached hydrogen (secondary N) is 2. The first kappa shape index (κ1) is 46.4. The second kappa shape index (κ2) is 20.9. The molecule has 0 aliphatic rings. The molecule has 2 aromatic carbocycles. The molecular formula is C28H47N3O14S. The first-order valence-corrected chi connectivity index (χ1v) is 14.3. The van der Waals surface area contributed by atoms with Gasteiger partial charge in [-0.05, 0) is 76.9 Å². The third-order valence-electron chi connectivity index (χ3n) is 4.64. The number of β-amino-alcohol motifs (C(OH)–C–C–N with tert-alkyl or cyclic N) is 2. The number of carbonyl (C=O) groups is 2. The van der Waals surface area contributed by atoms with Crippen LogP contribution < -0.4 is 16.8 Å². The van der Waals surface area contributed by atoms with Crippen molar-refractivity contribution in [3.05, 3.63) is 59.7 Å². The quantitative estimate of drug-likeness (QED) is 0.140. The molecule has 0 aliphatic heterocycles. The van der Waals surface area contributed by atoms with Crippen molar-refractivity contribution in [1.29, 1.82) is 0 Å². The zero-order valence-electron chi connectivity index (χ0n) is 26.4. The fraction of sp³-hybridized carbons (Fsp3) is 0.429. The van der Waals surface area contributed by atoms with E-state index in [1.807, 2.05) is 41.5 Å². The molecule has 2 aromatic rings. The van der Waals surface area contributed by atoms with Gasteiger partial charge in [-0.1, -0.05) is 0 Å². The van der Waals surface area contributed by atoms with Crippen molar-refractivity contribution in [2.24, 2.45) is 0 Å². The number of aliphatic carboxylic acids is 2. The minimum absolute atomic E-state index is 0. The lowest BCUT2D eigenvalue weighted by Gasteiger charge is -2.23. The van der Waals surface area contributed by atoms with Gasteiger partial charge in [0, 0.05) is 48.5 Å². The normalized spacial score (nSPS) is 12.5. The molecular weight excluding hydrogens is 634 g/mol. The highest BCUT2D eigenvalue weighted by atomic mass is 32.3. The van der Waals surface area contributed by atoms with Crippen molar-refractivity contribution in [3.63, 3.8) is 0 Å². The van der Waals surface area contributed by atoms with E-state index in [2.05, 4.69) is 10.6 Å². The first-order chi connectivity index (χ1) is 20.2. The summed E-state index contributed by atoms with van der Waals surface area (Å²) in [6.07, 6.45) is -0.389. The summed E-state index contributed by atoms with van der Waals surface area (Å²) in [6, 6.07) is 8.22. The molecule has 15 N–H and O–H groups in total. The molecule has 2 unspecified atom stereocenters. The van der Waals surface area contributed by atoms with Gasteiger partial charge >= 0.3 is 22.3 Å². The van der Waals surface area contributed by atoms with Crippen LogP contribution in [0.4, 0.5) is 0 Å². The number of phenolic OH excluding ortho intramolecular Hbond substituents is 4. The third-order valence-corrected chi connectivity index (χ3v) is 4.64. The summed E-state index contributed by atoms with van der Waals surface area (Å²) in [4.78, 5) is 19.1. The standard InChI is InChI=1S/2C12H19NO3.C4H4O4.H3N.H2O4S/c2*1-12(2,3)13-7-11(16)8-4-9(14)6-10(15)5-8;5-3(6)1-2-4(7)8;;1-5(2,3)4/h2*4-6,11,13-16H,7H2,1-3H3;1-2H,(H,5,6)(H,7,8);1H3;(H2,1,2,3,4)/b;;2-1+;;. The van der Waals surface area contributed by atoms with Gasteiger partial charge in [0.1, 0.15) is 23.0 Å². The van der Waals surface area contributed by atoms with Crippen molar-refractivity contribution in [1.82, 2.24) is 16.8 Å². The molecule has 0 radical (unpaired) electrons. The second-order valence-corrected chi connectivity index (χ2v) is 12.2. The summed E-state index contributed by atoms with van der Waals surface area (Å²) in [5.74, 6) is -2.72. The summed E-state index contributed by atoms with van der Waals surface area (Å²) >= 11 is 0. The maximum atomic E-state index is 9.85. The van der Waals surface area contributed by atoms with E-state index in [-0.39, 0.29) is 40.2 Å². The fourth-order valence-corrected chi connectivity index (χ4v) is 2.80. The van der Waals surface area contributed by atoms with Crippen LogP contribution in [-0.4, -0.2) is 94.5 Å². The molecule has 2 rings (SSSR count). The molecule has 2 atom stereocenters. The topological polar surface area (TPSA) is 330 Å². The van der Waals surface area contributed by atoms with Gasteiger partial charge in [-0.15, -0.1) is 0 Å². The van der Waals surface area contributed by atoms with E-state index in [0.717, 1.165) is 0 Å². The van der Waals surface area contributed by atoms with Crippen LogP contribution in [0.3, 0.4) is 0 Å². The van der Waals surface area contributed by atoms with Crippen LogP contribution in [0.25, 0.3) is 0 Å². The molecule has 0 saturated carbocycles. The molecule has 18 heteroatoms. The number of aliphatic hydroxyl groups excluding tert-OH is 2. The number of phenols is 4. The molecule has 0 aliphatic carbocycles. The SMILES string of the molecule is CC(C)(C)NCC(O)c1cc(O)cc(O)c1.CC(C)(C)NCC(O)c1cc(O)cc(O)c1.N.O=C(O)/C=C/C(=O)O.O=S(=O)(O)O. The summed E-state index contributed by atoms with van der Waals surface area (Å²) in [5, 5.41) is 78.7. The number of hydrogen-bond acceptors (Lipinski definition) is 13. The Balaban J connectivity index is -0.000000580. The van der Waals surface area contributed by atoms with Crippen molar-refractivity contribution in [2.45, 2.75) is 64.8 Å². The number of rotatable bonds is 8. The van der Waals surface area contributed by atoms with Crippen LogP contribution in [0.2, 0.25) is 0 Å². The zero-order chi connectivity index (χ0) is 35.8. The van der Waals surface area contributed by atoms with Crippen LogP contribution >= 0.6 is 0 Å². The minimum Gasteiger partial charge on any atom is -0.508 e. The van der Waals surface area contributed by atoms with E-state index >= 15 is 0 Å². The summed E-state index contributed by atoms with van der Waals surface area (Å²) in [7, 11) is -4.67. The van der Waals surface area contributed by atoms with Crippen LogP contribution in [0, 0.1) is 0 Å². The van der Waals surface area contributed by atoms with E-state index in [1.165, 1.54) is 36.4 Å². The lowest BCUT2D eigenvalue weighted by Crippen LogP contribution is -2.38. The van der Waals surface area contributed by atoms with E-state index in [4.69, 9.17) is 27.7 Å². The highest BCUT2D eigenvalue weighted by Crippen LogP contribution is 2.26. The van der Waals surface area contributed by atoms with Crippen LogP contribution in [0.15, 0.2) is 48.6 Å². The van der Waals surface area contributed by atoms with Gasteiger partial charge in [0.2, 0.25) is 0 Å². The molecule has 17 nitrogen and oxygen atoms in total. The Kier molecular flexibility index (Phi) is 21.1. The number of carboxylic acid groups (broad SMARTS) is 2. The van der Waals surface area contributed by atoms with Crippen LogP contribution in [-0.2, 0) is 20.0 Å².